The Morgan fingerprint density at radius 3 is 2.29 bits per heavy atom. The molecule has 0 heterocycles. The van der Waals surface area contributed by atoms with Gasteiger partial charge in [0, 0.05) is 5.56 Å². The molecule has 0 saturated carbocycles. The third-order valence-corrected chi connectivity index (χ3v) is 1.88. The summed E-state index contributed by atoms with van der Waals surface area (Å²) in [5.41, 5.74) is 0.480. The predicted molar refractivity (Wildman–Crippen MR) is 49.4 cm³/mol. The summed E-state index contributed by atoms with van der Waals surface area (Å²) in [4.78, 5) is 27.3. The fourth-order valence-corrected chi connectivity index (χ4v) is 1.12. The van der Waals surface area contributed by atoms with Crippen molar-refractivity contribution < 1.29 is 23.9 Å². The molecule has 76 valence electrons. The number of hydrogen-bond acceptors (Lipinski definition) is 3. The van der Waals surface area contributed by atoms with Crippen LogP contribution in [0.25, 0.3) is 0 Å². The maximum atomic E-state index is 10.4. The highest BCUT2D eigenvalue weighted by atomic mass is 31.2. The third-order valence-electron chi connectivity index (χ3n) is 1.42. The number of ether oxygens (including phenoxy) is 1. The topological polar surface area (TPSA) is 83.8 Å². The highest BCUT2D eigenvalue weighted by Crippen LogP contribution is 2.34. The molecule has 0 bridgehead atoms. The number of hydrogen-bond donors (Lipinski definition) is 2. The molecule has 14 heavy (non-hydrogen) atoms. The van der Waals surface area contributed by atoms with Gasteiger partial charge in [0.1, 0.15) is 12.0 Å². The zero-order valence-electron chi connectivity index (χ0n) is 7.16. The van der Waals surface area contributed by atoms with E-state index in [1.54, 1.807) is 0 Å². The lowest BCUT2D eigenvalue weighted by Crippen LogP contribution is -1.97. The van der Waals surface area contributed by atoms with Gasteiger partial charge in [0.25, 0.3) is 0 Å². The standard InChI is InChI=1S/C8H9O5P/c9-5-7-1-3-8(4-2-7)13-6-14(10,11)12/h1-5H,6H2,(H2,10,11,12). The first kappa shape index (κ1) is 10.9. The smallest absolute Gasteiger partial charge is 0.362 e. The van der Waals surface area contributed by atoms with Crippen LogP contribution in [0.15, 0.2) is 24.3 Å². The molecular formula is C8H9O5P. The third kappa shape index (κ3) is 3.70. The quantitative estimate of drug-likeness (QED) is 0.579. The van der Waals surface area contributed by atoms with Crippen molar-refractivity contribution in [3.05, 3.63) is 29.8 Å². The van der Waals surface area contributed by atoms with E-state index >= 15 is 0 Å². The summed E-state index contributed by atoms with van der Waals surface area (Å²) in [6, 6.07) is 5.95. The van der Waals surface area contributed by atoms with Gasteiger partial charge in [0.05, 0.1) is 0 Å². The van der Waals surface area contributed by atoms with Crippen LogP contribution in [-0.4, -0.2) is 22.4 Å². The summed E-state index contributed by atoms with van der Waals surface area (Å²) in [6.07, 6.45) is 0.0141. The summed E-state index contributed by atoms with van der Waals surface area (Å²) in [5.74, 6) is 0.318. The van der Waals surface area contributed by atoms with E-state index in [0.717, 1.165) is 0 Å². The van der Waals surface area contributed by atoms with Gasteiger partial charge in [0.15, 0.2) is 6.35 Å². The number of carbonyl (C=O) groups is 1. The van der Waals surface area contributed by atoms with E-state index in [9.17, 15) is 9.36 Å². The van der Waals surface area contributed by atoms with Gasteiger partial charge >= 0.3 is 7.60 Å². The van der Waals surface area contributed by atoms with Gasteiger partial charge < -0.3 is 14.5 Å². The summed E-state index contributed by atoms with van der Waals surface area (Å²) < 4.78 is 15.2. The Balaban J connectivity index is 2.60. The number of aldehydes is 1. The molecule has 0 radical (unpaired) electrons. The Morgan fingerprint density at radius 1 is 1.29 bits per heavy atom. The van der Waals surface area contributed by atoms with Crippen LogP contribution >= 0.6 is 7.60 Å². The van der Waals surface area contributed by atoms with Gasteiger partial charge in [-0.1, -0.05) is 0 Å². The first-order chi connectivity index (χ1) is 6.51. The van der Waals surface area contributed by atoms with Gasteiger partial charge in [-0.25, -0.2) is 0 Å². The normalized spacial score (nSPS) is 11.0. The largest absolute Gasteiger partial charge is 0.481 e. The molecule has 2 N–H and O–H groups in total. The van der Waals surface area contributed by atoms with Gasteiger partial charge in [-0.3, -0.25) is 9.36 Å². The molecule has 0 aromatic heterocycles. The average Bonchev–Trinajstić information content (AvgIpc) is 2.14. The van der Waals surface area contributed by atoms with Crippen molar-refractivity contribution in [1.29, 1.82) is 0 Å². The molecule has 1 rings (SSSR count). The van der Waals surface area contributed by atoms with Crippen LogP contribution in [0, 0.1) is 0 Å². The van der Waals surface area contributed by atoms with Gasteiger partial charge in [-0.2, -0.15) is 0 Å². The highest BCUT2D eigenvalue weighted by Gasteiger charge is 2.13. The second-order valence-electron chi connectivity index (χ2n) is 2.63. The molecule has 1 aromatic carbocycles. The SMILES string of the molecule is O=Cc1ccc(OCP(=O)(O)O)cc1. The maximum Gasteiger partial charge on any atom is 0.362 e. The van der Waals surface area contributed by atoms with Crippen molar-refractivity contribution >= 4 is 13.9 Å². The van der Waals surface area contributed by atoms with Crippen molar-refractivity contribution in [1.82, 2.24) is 0 Å². The van der Waals surface area contributed by atoms with Gasteiger partial charge in [-0.15, -0.1) is 0 Å². The molecule has 0 atom stereocenters. The van der Waals surface area contributed by atoms with Gasteiger partial charge in [-0.05, 0) is 24.3 Å². The molecule has 0 aliphatic rings. The van der Waals surface area contributed by atoms with Crippen LogP contribution < -0.4 is 4.74 Å². The maximum absolute atomic E-state index is 10.4. The molecule has 0 aliphatic heterocycles. The first-order valence-electron chi connectivity index (χ1n) is 3.74. The monoisotopic (exact) mass is 216 g/mol. The van der Waals surface area contributed by atoms with E-state index in [1.807, 2.05) is 0 Å². The molecule has 0 aliphatic carbocycles. The van der Waals surface area contributed by atoms with E-state index in [2.05, 4.69) is 0 Å². The number of carbonyl (C=O) groups excluding carboxylic acids is 1. The van der Waals surface area contributed by atoms with E-state index in [0.29, 0.717) is 17.6 Å². The van der Waals surface area contributed by atoms with Crippen molar-refractivity contribution in [3.63, 3.8) is 0 Å². The van der Waals surface area contributed by atoms with Crippen LogP contribution in [0.2, 0.25) is 0 Å². The lowest BCUT2D eigenvalue weighted by molar-refractivity contribution is 0.112. The lowest BCUT2D eigenvalue weighted by atomic mass is 10.2. The Hall–Kier alpha value is -1.16. The highest BCUT2D eigenvalue weighted by molar-refractivity contribution is 7.51. The molecule has 0 amide bonds. The van der Waals surface area contributed by atoms with E-state index in [-0.39, 0.29) is 0 Å². The molecular weight excluding hydrogens is 207 g/mol. The molecule has 5 nitrogen and oxygen atoms in total. The molecule has 0 unspecified atom stereocenters. The van der Waals surface area contributed by atoms with Crippen molar-refractivity contribution in [2.24, 2.45) is 0 Å². The summed E-state index contributed by atoms with van der Waals surface area (Å²) in [7, 11) is -4.14. The lowest BCUT2D eigenvalue weighted by Gasteiger charge is -2.06. The Labute approximate surface area is 80.5 Å². The Bertz CT molecular complexity index is 352. The van der Waals surface area contributed by atoms with E-state index in [4.69, 9.17) is 14.5 Å². The molecule has 1 aromatic rings. The van der Waals surface area contributed by atoms with Crippen LogP contribution in [0.4, 0.5) is 0 Å². The summed E-state index contributed by atoms with van der Waals surface area (Å²) in [5, 5.41) is 0. The average molecular weight is 216 g/mol. The number of rotatable bonds is 4. The zero-order valence-corrected chi connectivity index (χ0v) is 8.05. The van der Waals surface area contributed by atoms with Crippen molar-refractivity contribution in [2.45, 2.75) is 0 Å². The van der Waals surface area contributed by atoms with E-state index in [1.165, 1.54) is 24.3 Å². The zero-order chi connectivity index (χ0) is 10.6. The Kier molecular flexibility index (Phi) is 3.41. The predicted octanol–water partition coefficient (Wildman–Crippen LogP) is 1.01. The minimum atomic E-state index is -4.14. The first-order valence-corrected chi connectivity index (χ1v) is 5.53. The second kappa shape index (κ2) is 4.37. The molecule has 0 spiro atoms. The second-order valence-corrected chi connectivity index (χ2v) is 4.21. The van der Waals surface area contributed by atoms with Crippen LogP contribution in [0.5, 0.6) is 5.75 Å². The molecule has 0 fully saturated rings. The van der Waals surface area contributed by atoms with Crippen molar-refractivity contribution in [3.8, 4) is 5.75 Å². The fraction of sp³-hybridized carbons (Fsp3) is 0.125. The molecule has 6 heteroatoms. The summed E-state index contributed by atoms with van der Waals surface area (Å²) >= 11 is 0. The minimum absolute atomic E-state index is 0.318. The summed E-state index contributed by atoms with van der Waals surface area (Å²) in [6.45, 7) is 0. The van der Waals surface area contributed by atoms with Crippen LogP contribution in [0.1, 0.15) is 10.4 Å². The fourth-order valence-electron chi connectivity index (χ4n) is 0.801. The minimum Gasteiger partial charge on any atom is -0.481 e. The molecule has 0 saturated heterocycles. The van der Waals surface area contributed by atoms with E-state index < -0.39 is 13.9 Å². The van der Waals surface area contributed by atoms with Crippen LogP contribution in [-0.2, 0) is 4.57 Å². The van der Waals surface area contributed by atoms with Gasteiger partial charge in [0.2, 0.25) is 0 Å². The Morgan fingerprint density at radius 2 is 1.86 bits per heavy atom. The number of benzene rings is 1. The van der Waals surface area contributed by atoms with Crippen molar-refractivity contribution in [2.75, 3.05) is 6.35 Å². The van der Waals surface area contributed by atoms with Crippen LogP contribution in [0.3, 0.4) is 0 Å².